The highest BCUT2D eigenvalue weighted by atomic mass is 16.3. The number of hydrazine groups is 1. The minimum absolute atomic E-state index is 0.0336. The van der Waals surface area contributed by atoms with Crippen molar-refractivity contribution in [3.63, 3.8) is 0 Å². The van der Waals surface area contributed by atoms with Crippen LogP contribution in [0.15, 0.2) is 53.3 Å². The van der Waals surface area contributed by atoms with Gasteiger partial charge in [0.2, 0.25) is 5.78 Å². The maximum Gasteiger partial charge on any atom is 0.255 e. The minimum Gasteiger partial charge on any atom is -0.508 e. The molecule has 4 atom stereocenters. The molecule has 0 aliphatic heterocycles. The van der Waals surface area contributed by atoms with Gasteiger partial charge in [0.15, 0.2) is 11.4 Å². The van der Waals surface area contributed by atoms with Crippen LogP contribution in [0.4, 0.5) is 5.69 Å². The first-order valence-corrected chi connectivity index (χ1v) is 12.5. The predicted molar refractivity (Wildman–Crippen MR) is 142 cm³/mol. The second-order valence-corrected chi connectivity index (χ2v) is 10.4. The molecule has 0 bridgehead atoms. The molecule has 5 rings (SSSR count). The number of carbonyl (C=O) groups is 3. The number of phenols is 1. The summed E-state index contributed by atoms with van der Waals surface area (Å²) in [4.78, 5) is 40.7. The fourth-order valence-corrected chi connectivity index (χ4v) is 6.39. The molecule has 39 heavy (non-hydrogen) atoms. The van der Waals surface area contributed by atoms with Gasteiger partial charge in [0.1, 0.15) is 22.8 Å². The number of nitrogens with two attached hydrogens (primary N) is 1. The monoisotopic (exact) mass is 534 g/mol. The van der Waals surface area contributed by atoms with E-state index in [0.29, 0.717) is 5.56 Å². The molecule has 1 saturated carbocycles. The summed E-state index contributed by atoms with van der Waals surface area (Å²) in [6, 6.07) is 9.50. The normalized spacial score (nSPS) is 26.3. The number of primary amides is 1. The highest BCUT2D eigenvalue weighted by Crippen LogP contribution is 2.53. The van der Waals surface area contributed by atoms with Crippen LogP contribution in [-0.2, 0) is 20.8 Å². The molecular weight excluding hydrogens is 504 g/mol. The molecule has 8 N–H and O–H groups in total. The van der Waals surface area contributed by atoms with Crippen LogP contribution in [0.3, 0.4) is 0 Å². The molecule has 0 aromatic heterocycles. The molecule has 0 heterocycles. The van der Waals surface area contributed by atoms with Gasteiger partial charge in [-0.25, -0.2) is 5.43 Å². The predicted octanol–water partition coefficient (Wildman–Crippen LogP) is 1.18. The third-order valence-electron chi connectivity index (χ3n) is 8.07. The Balaban J connectivity index is 1.69. The molecule has 0 unspecified atom stereocenters. The first kappa shape index (κ1) is 26.4. The number of hydrogen-bond donors (Lipinski definition) is 7. The fourth-order valence-electron chi connectivity index (χ4n) is 6.39. The van der Waals surface area contributed by atoms with Crippen LogP contribution in [0, 0.1) is 11.8 Å². The summed E-state index contributed by atoms with van der Waals surface area (Å²) in [6.45, 7) is 0. The number of likely N-dealkylation sites (N-methyl/N-ethyl adjacent to an activating group) is 1. The zero-order valence-corrected chi connectivity index (χ0v) is 21.6. The molecule has 11 heteroatoms. The van der Waals surface area contributed by atoms with Gasteiger partial charge in [0, 0.05) is 24.2 Å². The first-order chi connectivity index (χ1) is 18.4. The van der Waals surface area contributed by atoms with E-state index in [9.17, 15) is 34.8 Å². The molecule has 1 amide bonds. The third-order valence-corrected chi connectivity index (χ3v) is 8.07. The maximum atomic E-state index is 13.9. The summed E-state index contributed by atoms with van der Waals surface area (Å²) >= 11 is 0. The van der Waals surface area contributed by atoms with Gasteiger partial charge in [0.25, 0.3) is 5.91 Å². The Morgan fingerprint density at radius 3 is 2.33 bits per heavy atom. The van der Waals surface area contributed by atoms with Crippen molar-refractivity contribution in [2.24, 2.45) is 17.6 Å². The number of amides is 1. The Hall–Kier alpha value is -4.19. The van der Waals surface area contributed by atoms with Crippen molar-refractivity contribution >= 4 is 28.9 Å². The number of aromatic hydroxyl groups is 1. The Bertz CT molecular complexity index is 1480. The number of rotatable bonds is 5. The van der Waals surface area contributed by atoms with E-state index in [1.807, 2.05) is 24.3 Å². The molecule has 0 spiro atoms. The Morgan fingerprint density at radius 2 is 1.74 bits per heavy atom. The average molecular weight is 535 g/mol. The van der Waals surface area contributed by atoms with Crippen LogP contribution in [0.5, 0.6) is 5.75 Å². The van der Waals surface area contributed by atoms with Gasteiger partial charge in [-0.05, 0) is 67.7 Å². The van der Waals surface area contributed by atoms with Crippen LogP contribution in [-0.4, -0.2) is 75.6 Å². The molecule has 204 valence electrons. The standard InChI is InChI=1S/C28H30N4O7/c1-30-31-14-6-4-12(5-7-14)15-8-9-18(33)20-16(15)10-13-11-17-22(32(2)3)24(35)21(27(29)38)26(37)28(17,39)25(36)19(13)23(20)34/h4-9,13,17,22,30-31,33-34,37,39H,10-11H2,1-3H3,(H2,29,38)/t13-,17-,22-,28-/m0/s1. The lowest BCUT2D eigenvalue weighted by Crippen LogP contribution is -2.65. The van der Waals surface area contributed by atoms with Gasteiger partial charge in [-0.3, -0.25) is 19.3 Å². The summed E-state index contributed by atoms with van der Waals surface area (Å²) in [6.07, 6.45) is 0.251. The van der Waals surface area contributed by atoms with Crippen LogP contribution < -0.4 is 16.6 Å². The number of nitrogens with zero attached hydrogens (tertiary/aromatic N) is 1. The number of fused-ring (bicyclic) bond motifs is 3. The van der Waals surface area contributed by atoms with Crippen LogP contribution >= 0.6 is 0 Å². The molecule has 1 fully saturated rings. The minimum atomic E-state index is -2.66. The maximum absolute atomic E-state index is 13.9. The lowest BCUT2D eigenvalue weighted by molar-refractivity contribution is -0.153. The van der Waals surface area contributed by atoms with Gasteiger partial charge in [-0.15, -0.1) is 0 Å². The molecule has 3 aliphatic carbocycles. The smallest absolute Gasteiger partial charge is 0.255 e. The number of ketones is 2. The molecular formula is C28H30N4O7. The van der Waals surface area contributed by atoms with Gasteiger partial charge in [0.05, 0.1) is 11.6 Å². The van der Waals surface area contributed by atoms with Crippen molar-refractivity contribution in [1.82, 2.24) is 10.3 Å². The van der Waals surface area contributed by atoms with Crippen molar-refractivity contribution in [2.45, 2.75) is 24.5 Å². The van der Waals surface area contributed by atoms with Crippen molar-refractivity contribution in [3.05, 3.63) is 64.4 Å². The highest BCUT2D eigenvalue weighted by molar-refractivity contribution is 6.24. The summed E-state index contributed by atoms with van der Waals surface area (Å²) in [5.74, 6) is -6.72. The molecule has 11 nitrogen and oxygen atoms in total. The molecule has 2 aromatic carbocycles. The number of carbonyl (C=O) groups excluding carboxylic acids is 3. The molecule has 0 radical (unpaired) electrons. The molecule has 2 aromatic rings. The largest absolute Gasteiger partial charge is 0.508 e. The van der Waals surface area contributed by atoms with Crippen LogP contribution in [0.1, 0.15) is 17.5 Å². The number of nitrogens with one attached hydrogen (secondary N) is 2. The zero-order valence-electron chi connectivity index (χ0n) is 21.6. The van der Waals surface area contributed by atoms with Gasteiger partial charge in [-0.1, -0.05) is 18.2 Å². The van der Waals surface area contributed by atoms with Crippen molar-refractivity contribution in [3.8, 4) is 16.9 Å². The quantitative estimate of drug-likeness (QED) is 0.217. The fraction of sp³-hybridized carbons (Fsp3) is 0.321. The lowest BCUT2D eigenvalue weighted by Gasteiger charge is -2.50. The molecule has 0 saturated heterocycles. The van der Waals surface area contributed by atoms with Crippen molar-refractivity contribution in [2.75, 3.05) is 26.6 Å². The Morgan fingerprint density at radius 1 is 1.08 bits per heavy atom. The number of anilines is 1. The summed E-state index contributed by atoms with van der Waals surface area (Å²) in [5.41, 5.74) is 10.6. The Labute approximate surface area is 224 Å². The summed E-state index contributed by atoms with van der Waals surface area (Å²) in [5, 5.41) is 44.8. The van der Waals surface area contributed by atoms with E-state index >= 15 is 0 Å². The number of Topliss-reactive ketones (excluding diaryl/α,β-unsaturated/α-hetero) is 2. The second kappa shape index (κ2) is 9.23. The van der Waals surface area contributed by atoms with E-state index in [-0.39, 0.29) is 29.7 Å². The van der Waals surface area contributed by atoms with Gasteiger partial charge < -0.3 is 31.6 Å². The van der Waals surface area contributed by atoms with Gasteiger partial charge >= 0.3 is 0 Å². The van der Waals surface area contributed by atoms with E-state index in [1.54, 1.807) is 27.2 Å². The number of aliphatic hydroxyl groups is 3. The van der Waals surface area contributed by atoms with E-state index in [1.165, 1.54) is 11.0 Å². The van der Waals surface area contributed by atoms with E-state index in [4.69, 9.17) is 5.73 Å². The van der Waals surface area contributed by atoms with E-state index in [0.717, 1.165) is 16.8 Å². The highest BCUT2D eigenvalue weighted by Gasteiger charge is 2.64. The second-order valence-electron chi connectivity index (χ2n) is 10.4. The first-order valence-electron chi connectivity index (χ1n) is 12.5. The van der Waals surface area contributed by atoms with E-state index in [2.05, 4.69) is 10.9 Å². The van der Waals surface area contributed by atoms with E-state index < -0.39 is 58.0 Å². The number of benzene rings is 2. The number of aliphatic hydroxyl groups excluding tert-OH is 2. The van der Waals surface area contributed by atoms with Crippen LogP contribution in [0.25, 0.3) is 16.9 Å². The Kier molecular flexibility index (Phi) is 6.25. The number of hydrogen-bond acceptors (Lipinski definition) is 10. The third kappa shape index (κ3) is 3.73. The summed E-state index contributed by atoms with van der Waals surface area (Å²) in [7, 11) is 4.88. The van der Waals surface area contributed by atoms with Crippen molar-refractivity contribution < 1.29 is 34.8 Å². The summed E-state index contributed by atoms with van der Waals surface area (Å²) < 4.78 is 0. The number of phenolic OH excluding ortho intramolecular Hbond substituents is 1. The lowest BCUT2D eigenvalue weighted by atomic mass is 9.57. The topological polar surface area (TPSA) is 185 Å². The average Bonchev–Trinajstić information content (AvgIpc) is 2.87. The molecule has 3 aliphatic rings. The van der Waals surface area contributed by atoms with Crippen LogP contribution in [0.2, 0.25) is 0 Å². The SMILES string of the molecule is CNNc1ccc(-c2ccc(O)c3c2C[C@H]2C[C@H]4[C@H](N(C)C)C(=O)C(C(N)=O)=C(O)[C@@]4(O)C(=O)C2=C3O)cc1. The zero-order chi connectivity index (χ0) is 28.4. The van der Waals surface area contributed by atoms with Gasteiger partial charge in [-0.2, -0.15) is 0 Å². The van der Waals surface area contributed by atoms with Crippen molar-refractivity contribution in [1.29, 1.82) is 0 Å².